The van der Waals surface area contributed by atoms with Gasteiger partial charge >= 0.3 is 0 Å². The monoisotopic (exact) mass is 351 g/mol. The fraction of sp³-hybridized carbons (Fsp3) is 0.250. The number of rotatable bonds is 7. The van der Waals surface area contributed by atoms with E-state index in [1.807, 2.05) is 61.5 Å². The lowest BCUT2D eigenvalue weighted by atomic mass is 9.96. The van der Waals surface area contributed by atoms with Crippen molar-refractivity contribution in [3.8, 4) is 17.1 Å². The molecule has 26 heavy (non-hydrogen) atoms. The van der Waals surface area contributed by atoms with Crippen molar-refractivity contribution in [2.75, 3.05) is 7.11 Å². The van der Waals surface area contributed by atoms with Crippen LogP contribution < -0.4 is 10.1 Å². The molecule has 1 atom stereocenters. The Morgan fingerprint density at radius 3 is 2.54 bits per heavy atom. The van der Waals surface area contributed by atoms with Gasteiger partial charge in [-0.25, -0.2) is 0 Å². The van der Waals surface area contributed by atoms with Crippen LogP contribution >= 0.6 is 0 Å². The number of hydrogen-bond donors (Lipinski definition) is 1. The summed E-state index contributed by atoms with van der Waals surface area (Å²) in [7, 11) is 1.61. The van der Waals surface area contributed by atoms with Gasteiger partial charge in [-0.3, -0.25) is 4.79 Å². The predicted octanol–water partition coefficient (Wildman–Crippen LogP) is 3.56. The summed E-state index contributed by atoms with van der Waals surface area (Å²) in [6.45, 7) is 2.19. The van der Waals surface area contributed by atoms with Crippen molar-refractivity contribution in [2.45, 2.75) is 25.8 Å². The van der Waals surface area contributed by atoms with Gasteiger partial charge in [0.1, 0.15) is 5.75 Å². The standard InChI is InChI=1S/C20H21N3O3/c1-3-17(14-7-5-4-6-8-14)20(24)21-13-18-22-19(23-26-18)15-9-11-16(25-2)12-10-15/h4-12,17H,3,13H2,1-2H3,(H,21,24)/t17-/m0/s1. The SMILES string of the molecule is CC[C@H](C(=O)NCc1nc(-c2ccc(OC)cc2)no1)c1ccccc1. The molecule has 1 heterocycles. The maximum atomic E-state index is 12.5. The number of carbonyl (C=O) groups excluding carboxylic acids is 1. The first-order chi connectivity index (χ1) is 12.7. The highest BCUT2D eigenvalue weighted by Crippen LogP contribution is 2.21. The van der Waals surface area contributed by atoms with E-state index in [9.17, 15) is 4.79 Å². The zero-order valence-corrected chi connectivity index (χ0v) is 14.8. The van der Waals surface area contributed by atoms with Crippen LogP contribution in [-0.4, -0.2) is 23.2 Å². The normalized spacial score (nSPS) is 11.8. The maximum absolute atomic E-state index is 12.5. The summed E-state index contributed by atoms with van der Waals surface area (Å²) in [6, 6.07) is 17.1. The van der Waals surface area contributed by atoms with Crippen molar-refractivity contribution in [1.29, 1.82) is 0 Å². The number of aromatic nitrogens is 2. The second kappa shape index (κ2) is 8.29. The van der Waals surface area contributed by atoms with Crippen molar-refractivity contribution in [1.82, 2.24) is 15.5 Å². The molecule has 1 N–H and O–H groups in total. The molecule has 134 valence electrons. The van der Waals surface area contributed by atoms with Gasteiger partial charge in [-0.15, -0.1) is 0 Å². The highest BCUT2D eigenvalue weighted by molar-refractivity contribution is 5.83. The molecule has 3 aromatic rings. The number of hydrogen-bond acceptors (Lipinski definition) is 5. The van der Waals surface area contributed by atoms with E-state index in [0.29, 0.717) is 11.7 Å². The third-order valence-corrected chi connectivity index (χ3v) is 4.16. The second-order valence-electron chi connectivity index (χ2n) is 5.83. The van der Waals surface area contributed by atoms with Gasteiger partial charge < -0.3 is 14.6 Å². The van der Waals surface area contributed by atoms with Crippen molar-refractivity contribution in [2.24, 2.45) is 0 Å². The van der Waals surface area contributed by atoms with Gasteiger partial charge in [0.2, 0.25) is 17.6 Å². The van der Waals surface area contributed by atoms with Crippen molar-refractivity contribution in [3.05, 3.63) is 66.1 Å². The molecule has 6 nitrogen and oxygen atoms in total. The van der Waals surface area contributed by atoms with E-state index in [1.54, 1.807) is 7.11 Å². The number of methoxy groups -OCH3 is 1. The minimum absolute atomic E-state index is 0.0529. The van der Waals surface area contributed by atoms with Gasteiger partial charge in [-0.2, -0.15) is 4.98 Å². The molecule has 0 aliphatic carbocycles. The average molecular weight is 351 g/mol. The average Bonchev–Trinajstić information content (AvgIpc) is 3.17. The van der Waals surface area contributed by atoms with Crippen molar-refractivity contribution < 1.29 is 14.1 Å². The Hall–Kier alpha value is -3.15. The molecule has 0 fully saturated rings. The van der Waals surface area contributed by atoms with E-state index < -0.39 is 0 Å². The summed E-state index contributed by atoms with van der Waals surface area (Å²) >= 11 is 0. The molecule has 3 rings (SSSR count). The molecule has 0 aliphatic rings. The Morgan fingerprint density at radius 2 is 1.88 bits per heavy atom. The third kappa shape index (κ3) is 4.08. The smallest absolute Gasteiger partial charge is 0.246 e. The summed E-state index contributed by atoms with van der Waals surface area (Å²) in [5.41, 5.74) is 1.82. The van der Waals surface area contributed by atoms with Crippen LogP contribution in [0.3, 0.4) is 0 Å². The Morgan fingerprint density at radius 1 is 1.15 bits per heavy atom. The molecule has 1 amide bonds. The largest absolute Gasteiger partial charge is 0.497 e. The van der Waals surface area contributed by atoms with Gasteiger partial charge in [0.05, 0.1) is 19.6 Å². The van der Waals surface area contributed by atoms with E-state index in [0.717, 1.165) is 23.3 Å². The topological polar surface area (TPSA) is 77.2 Å². The van der Waals surface area contributed by atoms with E-state index in [1.165, 1.54) is 0 Å². The number of benzene rings is 2. The van der Waals surface area contributed by atoms with Crippen molar-refractivity contribution in [3.63, 3.8) is 0 Å². The molecule has 1 aromatic heterocycles. The van der Waals surface area contributed by atoms with Gasteiger partial charge in [0.25, 0.3) is 0 Å². The molecular formula is C20H21N3O3. The first-order valence-corrected chi connectivity index (χ1v) is 8.51. The third-order valence-electron chi connectivity index (χ3n) is 4.16. The number of nitrogens with zero attached hydrogens (tertiary/aromatic N) is 2. The van der Waals surface area contributed by atoms with Crippen LogP contribution in [0.25, 0.3) is 11.4 Å². The van der Waals surface area contributed by atoms with Crippen LogP contribution in [-0.2, 0) is 11.3 Å². The predicted molar refractivity (Wildman–Crippen MR) is 97.6 cm³/mol. The molecule has 0 saturated carbocycles. The minimum atomic E-state index is -0.194. The summed E-state index contributed by atoms with van der Waals surface area (Å²) in [5, 5.41) is 6.84. The lowest BCUT2D eigenvalue weighted by molar-refractivity contribution is -0.122. The van der Waals surface area contributed by atoms with E-state index in [-0.39, 0.29) is 18.4 Å². The van der Waals surface area contributed by atoms with Gasteiger partial charge in [0.15, 0.2) is 0 Å². The molecule has 0 spiro atoms. The van der Waals surface area contributed by atoms with Gasteiger partial charge in [-0.05, 0) is 36.2 Å². The van der Waals surface area contributed by atoms with Crippen LogP contribution in [0.2, 0.25) is 0 Å². The zero-order chi connectivity index (χ0) is 18.4. The fourth-order valence-corrected chi connectivity index (χ4v) is 2.73. The van der Waals surface area contributed by atoms with E-state index in [4.69, 9.17) is 9.26 Å². The first kappa shape index (κ1) is 17.7. The molecule has 2 aromatic carbocycles. The molecule has 0 saturated heterocycles. The van der Waals surface area contributed by atoms with Gasteiger partial charge in [-0.1, -0.05) is 42.4 Å². The lowest BCUT2D eigenvalue weighted by Gasteiger charge is -2.14. The number of nitrogens with one attached hydrogen (secondary N) is 1. The lowest BCUT2D eigenvalue weighted by Crippen LogP contribution is -2.28. The van der Waals surface area contributed by atoms with Gasteiger partial charge in [0, 0.05) is 5.56 Å². The van der Waals surface area contributed by atoms with Crippen LogP contribution in [0.4, 0.5) is 0 Å². The Kier molecular flexibility index (Phi) is 5.63. The van der Waals surface area contributed by atoms with Crippen LogP contribution in [0.5, 0.6) is 5.75 Å². The maximum Gasteiger partial charge on any atom is 0.246 e. The number of amides is 1. The Labute approximate surface area is 152 Å². The van der Waals surface area contributed by atoms with Crippen LogP contribution in [0.15, 0.2) is 59.1 Å². The summed E-state index contributed by atoms with van der Waals surface area (Å²) in [4.78, 5) is 16.8. The quantitative estimate of drug-likeness (QED) is 0.704. The Bertz CT molecular complexity index is 844. The zero-order valence-electron chi connectivity index (χ0n) is 14.8. The number of carbonyl (C=O) groups is 1. The molecule has 0 radical (unpaired) electrons. The van der Waals surface area contributed by atoms with E-state index >= 15 is 0 Å². The fourth-order valence-electron chi connectivity index (χ4n) is 2.73. The minimum Gasteiger partial charge on any atom is -0.497 e. The van der Waals surface area contributed by atoms with Crippen LogP contribution in [0, 0.1) is 0 Å². The first-order valence-electron chi connectivity index (χ1n) is 8.51. The highest BCUT2D eigenvalue weighted by atomic mass is 16.5. The van der Waals surface area contributed by atoms with Crippen molar-refractivity contribution >= 4 is 5.91 Å². The van der Waals surface area contributed by atoms with E-state index in [2.05, 4.69) is 15.5 Å². The Balaban J connectivity index is 1.63. The summed E-state index contributed by atoms with van der Waals surface area (Å²) in [6.07, 6.45) is 0.719. The second-order valence-corrected chi connectivity index (χ2v) is 5.83. The number of ether oxygens (including phenoxy) is 1. The summed E-state index contributed by atoms with van der Waals surface area (Å²) < 4.78 is 10.4. The molecule has 6 heteroatoms. The molecule has 0 aliphatic heterocycles. The molecule has 0 bridgehead atoms. The summed E-state index contributed by atoms with van der Waals surface area (Å²) in [5.74, 6) is 1.36. The van der Waals surface area contributed by atoms with Crippen LogP contribution in [0.1, 0.15) is 30.7 Å². The molecule has 0 unspecified atom stereocenters. The highest BCUT2D eigenvalue weighted by Gasteiger charge is 2.19. The molecular weight excluding hydrogens is 330 g/mol.